The fourth-order valence-electron chi connectivity index (χ4n) is 4.77. The molecule has 0 spiro atoms. The van der Waals surface area contributed by atoms with Gasteiger partial charge in [-0.1, -0.05) is 88.6 Å². The van der Waals surface area contributed by atoms with Crippen molar-refractivity contribution in [2.45, 2.75) is 110 Å². The van der Waals surface area contributed by atoms with E-state index in [2.05, 4.69) is 5.32 Å². The molecule has 0 saturated heterocycles. The van der Waals surface area contributed by atoms with Crippen LogP contribution in [0.5, 0.6) is 5.75 Å². The van der Waals surface area contributed by atoms with Crippen LogP contribution in [-0.2, 0) is 14.6 Å². The minimum atomic E-state index is -3.75. The second kappa shape index (κ2) is 15.9. The normalized spacial score (nSPS) is 13.3. The standard InChI is InChI=1S/C31H46FNO4S/c1-5-27(32)20-16-11-9-7-6-8-10-12-17-21-38(36,37)30(26-18-14-13-15-19-26)31(35)33-28-22-23(2)29(34)25(4)24(28)3/h13-15,18-19,22,27,30,34H,5-12,16-17,20-21H2,1-4H3,(H,33,35)/t27?,30-/m0/s1. The first-order chi connectivity index (χ1) is 18.1. The number of phenols is 1. The highest BCUT2D eigenvalue weighted by Crippen LogP contribution is 2.32. The number of alkyl halides is 1. The van der Waals surface area contributed by atoms with Crippen LogP contribution in [0.4, 0.5) is 10.1 Å². The van der Waals surface area contributed by atoms with E-state index in [9.17, 15) is 22.7 Å². The number of aromatic hydroxyl groups is 1. The number of hydrogen-bond acceptors (Lipinski definition) is 4. The number of halogens is 1. The van der Waals surface area contributed by atoms with Gasteiger partial charge in [0.25, 0.3) is 0 Å². The number of amides is 1. The smallest absolute Gasteiger partial charge is 0.247 e. The van der Waals surface area contributed by atoms with Gasteiger partial charge in [-0.25, -0.2) is 12.8 Å². The van der Waals surface area contributed by atoms with E-state index in [-0.39, 0.29) is 11.5 Å². The zero-order valence-electron chi connectivity index (χ0n) is 23.6. The molecule has 7 heteroatoms. The Balaban J connectivity index is 1.91. The van der Waals surface area contributed by atoms with Crippen LogP contribution in [-0.4, -0.2) is 31.4 Å². The molecule has 0 aliphatic heterocycles. The van der Waals surface area contributed by atoms with Crippen LogP contribution < -0.4 is 5.32 Å². The minimum Gasteiger partial charge on any atom is -0.507 e. The summed E-state index contributed by atoms with van der Waals surface area (Å²) in [5.74, 6) is -0.453. The molecule has 5 nitrogen and oxygen atoms in total. The molecule has 2 aromatic carbocycles. The molecule has 2 N–H and O–H groups in total. The average Bonchev–Trinajstić information content (AvgIpc) is 2.89. The second-order valence-corrected chi connectivity index (χ2v) is 12.7. The summed E-state index contributed by atoms with van der Waals surface area (Å²) in [6.07, 6.45) is 9.34. The molecule has 0 aliphatic carbocycles. The molecule has 1 unspecified atom stereocenters. The van der Waals surface area contributed by atoms with E-state index in [1.54, 1.807) is 57.2 Å². The summed E-state index contributed by atoms with van der Waals surface area (Å²) in [5, 5.41) is 11.7. The Morgan fingerprint density at radius 1 is 0.895 bits per heavy atom. The Morgan fingerprint density at radius 3 is 2.03 bits per heavy atom. The molecule has 0 fully saturated rings. The van der Waals surface area contributed by atoms with Gasteiger partial charge in [-0.3, -0.25) is 4.79 Å². The Morgan fingerprint density at radius 2 is 1.45 bits per heavy atom. The van der Waals surface area contributed by atoms with Crippen LogP contribution >= 0.6 is 0 Å². The van der Waals surface area contributed by atoms with Gasteiger partial charge in [-0.15, -0.1) is 0 Å². The van der Waals surface area contributed by atoms with E-state index in [4.69, 9.17) is 0 Å². The van der Waals surface area contributed by atoms with Gasteiger partial charge in [-0.05, 0) is 68.4 Å². The molecule has 212 valence electrons. The Labute approximate surface area is 229 Å². The molecule has 1 amide bonds. The summed E-state index contributed by atoms with van der Waals surface area (Å²) in [6, 6.07) is 10.3. The summed E-state index contributed by atoms with van der Waals surface area (Å²) in [4.78, 5) is 13.4. The van der Waals surface area contributed by atoms with Crippen LogP contribution in [0.3, 0.4) is 0 Å². The van der Waals surface area contributed by atoms with E-state index in [1.165, 1.54) is 0 Å². The number of nitrogens with one attached hydrogen (secondary N) is 1. The number of phenolic OH excluding ortho intramolecular Hbond substituents is 1. The van der Waals surface area contributed by atoms with Crippen LogP contribution in [0.2, 0.25) is 0 Å². The fourth-order valence-corrected chi connectivity index (χ4v) is 6.57. The third-order valence-corrected chi connectivity index (χ3v) is 9.46. The van der Waals surface area contributed by atoms with Gasteiger partial charge in [-0.2, -0.15) is 0 Å². The summed E-state index contributed by atoms with van der Waals surface area (Å²) >= 11 is 0. The Kier molecular flexibility index (Phi) is 13.3. The highest BCUT2D eigenvalue weighted by Gasteiger charge is 2.34. The number of sulfone groups is 1. The molecular formula is C31H46FNO4S. The van der Waals surface area contributed by atoms with Crippen molar-refractivity contribution in [2.24, 2.45) is 0 Å². The lowest BCUT2D eigenvalue weighted by molar-refractivity contribution is -0.115. The second-order valence-electron chi connectivity index (χ2n) is 10.5. The molecule has 2 atom stereocenters. The number of carbonyl (C=O) groups excluding carboxylic acids is 1. The molecule has 38 heavy (non-hydrogen) atoms. The number of hydrogen-bond donors (Lipinski definition) is 2. The summed E-state index contributed by atoms with van der Waals surface area (Å²) in [7, 11) is -3.75. The van der Waals surface area contributed by atoms with Crippen LogP contribution in [0, 0.1) is 20.8 Å². The molecule has 0 radical (unpaired) electrons. The van der Waals surface area contributed by atoms with Crippen molar-refractivity contribution in [3.8, 4) is 5.75 Å². The molecule has 2 rings (SSSR count). The molecule has 0 heterocycles. The van der Waals surface area contributed by atoms with Crippen LogP contribution in [0.1, 0.15) is 105 Å². The first-order valence-corrected chi connectivity index (χ1v) is 15.8. The topological polar surface area (TPSA) is 83.5 Å². The Bertz CT molecular complexity index is 1120. The van der Waals surface area contributed by atoms with E-state index >= 15 is 0 Å². The fraction of sp³-hybridized carbons (Fsp3) is 0.581. The lowest BCUT2D eigenvalue weighted by atomic mass is 10.0. The van der Waals surface area contributed by atoms with Crippen molar-refractivity contribution < 1.29 is 22.7 Å². The maximum atomic E-state index is 13.4. The number of aryl methyl sites for hydroxylation is 1. The first-order valence-electron chi connectivity index (χ1n) is 14.1. The van der Waals surface area contributed by atoms with Crippen molar-refractivity contribution >= 4 is 21.4 Å². The van der Waals surface area contributed by atoms with Crippen molar-refractivity contribution in [3.63, 3.8) is 0 Å². The SMILES string of the molecule is CCC(F)CCCCCCCCCCCS(=O)(=O)[C@H](C(=O)Nc1cc(C)c(O)c(C)c1C)c1ccccc1. The number of benzene rings is 2. The van der Waals surface area contributed by atoms with Crippen molar-refractivity contribution in [2.75, 3.05) is 11.1 Å². The zero-order chi connectivity index (χ0) is 28.1. The maximum Gasteiger partial charge on any atom is 0.247 e. The predicted octanol–water partition coefficient (Wildman–Crippen LogP) is 8.06. The van der Waals surface area contributed by atoms with Gasteiger partial charge in [0.1, 0.15) is 5.75 Å². The number of carbonyl (C=O) groups is 1. The van der Waals surface area contributed by atoms with Crippen molar-refractivity contribution in [3.05, 3.63) is 58.7 Å². The zero-order valence-corrected chi connectivity index (χ0v) is 24.4. The molecule has 0 saturated carbocycles. The number of anilines is 1. The van der Waals surface area contributed by atoms with Gasteiger partial charge >= 0.3 is 0 Å². The van der Waals surface area contributed by atoms with Gasteiger partial charge < -0.3 is 10.4 Å². The lowest BCUT2D eigenvalue weighted by Gasteiger charge is -2.20. The molecular weight excluding hydrogens is 501 g/mol. The van der Waals surface area contributed by atoms with Crippen molar-refractivity contribution in [1.29, 1.82) is 0 Å². The van der Waals surface area contributed by atoms with Gasteiger partial charge in [0, 0.05) is 5.69 Å². The van der Waals surface area contributed by atoms with E-state index < -0.39 is 27.2 Å². The van der Waals surface area contributed by atoms with Crippen LogP contribution in [0.25, 0.3) is 0 Å². The predicted molar refractivity (Wildman–Crippen MR) is 155 cm³/mol. The summed E-state index contributed by atoms with van der Waals surface area (Å²) < 4.78 is 40.1. The van der Waals surface area contributed by atoms with Gasteiger partial charge in [0.15, 0.2) is 15.1 Å². The van der Waals surface area contributed by atoms with Gasteiger partial charge in [0.05, 0.1) is 11.9 Å². The third kappa shape index (κ3) is 9.72. The first kappa shape index (κ1) is 31.8. The monoisotopic (exact) mass is 547 g/mol. The lowest BCUT2D eigenvalue weighted by Crippen LogP contribution is -2.30. The summed E-state index contributed by atoms with van der Waals surface area (Å²) in [6.45, 7) is 7.19. The highest BCUT2D eigenvalue weighted by molar-refractivity contribution is 7.92. The van der Waals surface area contributed by atoms with E-state index in [0.717, 1.165) is 51.4 Å². The number of rotatable bonds is 17. The highest BCUT2D eigenvalue weighted by atomic mass is 32.2. The Hall–Kier alpha value is -2.41. The van der Waals surface area contributed by atoms with E-state index in [0.29, 0.717) is 47.2 Å². The van der Waals surface area contributed by atoms with Gasteiger partial charge in [0.2, 0.25) is 5.91 Å². The maximum absolute atomic E-state index is 13.4. The number of unbranched alkanes of at least 4 members (excludes halogenated alkanes) is 8. The minimum absolute atomic E-state index is 0.0472. The van der Waals surface area contributed by atoms with Crippen LogP contribution in [0.15, 0.2) is 36.4 Å². The summed E-state index contributed by atoms with van der Waals surface area (Å²) in [5.41, 5.74) is 2.94. The quantitative estimate of drug-likeness (QED) is 0.155. The largest absolute Gasteiger partial charge is 0.507 e. The molecule has 0 aliphatic rings. The van der Waals surface area contributed by atoms with E-state index in [1.807, 2.05) is 6.92 Å². The molecule has 0 aromatic heterocycles. The van der Waals surface area contributed by atoms with Crippen molar-refractivity contribution in [1.82, 2.24) is 0 Å². The molecule has 0 bridgehead atoms. The molecule has 2 aromatic rings. The average molecular weight is 548 g/mol. The third-order valence-electron chi connectivity index (χ3n) is 7.40.